The first-order chi connectivity index (χ1) is 7.77. The molecule has 17 heavy (non-hydrogen) atoms. The molecule has 4 heteroatoms. The van der Waals surface area contributed by atoms with Crippen molar-refractivity contribution in [3.63, 3.8) is 0 Å². The summed E-state index contributed by atoms with van der Waals surface area (Å²) < 4.78 is 0. The van der Waals surface area contributed by atoms with Crippen molar-refractivity contribution in [2.24, 2.45) is 11.8 Å². The van der Waals surface area contributed by atoms with Gasteiger partial charge in [-0.05, 0) is 45.1 Å². The minimum absolute atomic E-state index is 0. The van der Waals surface area contributed by atoms with Crippen molar-refractivity contribution in [1.29, 1.82) is 0 Å². The first-order valence-electron chi connectivity index (χ1n) is 6.78. The maximum Gasteiger partial charge on any atom is 0.224 e. The minimum Gasteiger partial charge on any atom is -0.353 e. The van der Waals surface area contributed by atoms with Crippen LogP contribution in [-0.4, -0.2) is 25.0 Å². The molecular weight excluding hydrogens is 236 g/mol. The SMILES string of the molecule is CC(NC(=O)[C@@H]1CCCNC1)C1CCCC1.Cl. The smallest absolute Gasteiger partial charge is 0.224 e. The topological polar surface area (TPSA) is 41.1 Å². The molecule has 1 aliphatic heterocycles. The van der Waals surface area contributed by atoms with Crippen LogP contribution in [0, 0.1) is 11.8 Å². The average molecular weight is 261 g/mol. The largest absolute Gasteiger partial charge is 0.353 e. The maximum atomic E-state index is 12.0. The third-order valence-electron chi connectivity index (χ3n) is 4.14. The molecule has 2 aliphatic rings. The maximum absolute atomic E-state index is 12.0. The molecule has 0 spiro atoms. The predicted octanol–water partition coefficient (Wildman–Crippen LogP) is 2.10. The Labute approximate surface area is 111 Å². The van der Waals surface area contributed by atoms with Gasteiger partial charge >= 0.3 is 0 Å². The Hall–Kier alpha value is -0.280. The molecule has 2 fully saturated rings. The van der Waals surface area contributed by atoms with Gasteiger partial charge in [0.25, 0.3) is 0 Å². The first kappa shape index (κ1) is 14.8. The van der Waals surface area contributed by atoms with Gasteiger partial charge in [0.15, 0.2) is 0 Å². The summed E-state index contributed by atoms with van der Waals surface area (Å²) in [5.74, 6) is 1.20. The van der Waals surface area contributed by atoms with Gasteiger partial charge in [0, 0.05) is 12.6 Å². The molecule has 1 aliphatic carbocycles. The molecule has 0 radical (unpaired) electrons. The molecule has 1 amide bonds. The predicted molar refractivity (Wildman–Crippen MR) is 72.4 cm³/mol. The lowest BCUT2D eigenvalue weighted by Crippen LogP contribution is -2.45. The fourth-order valence-corrected chi connectivity index (χ4v) is 2.99. The van der Waals surface area contributed by atoms with E-state index < -0.39 is 0 Å². The van der Waals surface area contributed by atoms with E-state index in [2.05, 4.69) is 17.6 Å². The van der Waals surface area contributed by atoms with E-state index in [1.165, 1.54) is 25.7 Å². The van der Waals surface area contributed by atoms with Crippen LogP contribution in [0.4, 0.5) is 0 Å². The van der Waals surface area contributed by atoms with Gasteiger partial charge in [-0.3, -0.25) is 4.79 Å². The first-order valence-corrected chi connectivity index (χ1v) is 6.78. The highest BCUT2D eigenvalue weighted by atomic mass is 35.5. The van der Waals surface area contributed by atoms with Crippen LogP contribution < -0.4 is 10.6 Å². The van der Waals surface area contributed by atoms with E-state index >= 15 is 0 Å². The number of piperidine rings is 1. The third kappa shape index (κ3) is 4.14. The lowest BCUT2D eigenvalue weighted by Gasteiger charge is -2.26. The lowest BCUT2D eigenvalue weighted by molar-refractivity contribution is -0.126. The fraction of sp³-hybridized carbons (Fsp3) is 0.923. The average Bonchev–Trinajstić information content (AvgIpc) is 2.83. The highest BCUT2D eigenvalue weighted by Crippen LogP contribution is 2.27. The van der Waals surface area contributed by atoms with Crippen LogP contribution in [0.25, 0.3) is 0 Å². The number of carbonyl (C=O) groups excluding carboxylic acids is 1. The van der Waals surface area contributed by atoms with E-state index in [4.69, 9.17) is 0 Å². The molecule has 3 nitrogen and oxygen atoms in total. The number of halogens is 1. The number of amides is 1. The molecule has 0 bridgehead atoms. The monoisotopic (exact) mass is 260 g/mol. The van der Waals surface area contributed by atoms with Gasteiger partial charge in [-0.2, -0.15) is 0 Å². The summed E-state index contributed by atoms with van der Waals surface area (Å²) in [5, 5.41) is 6.51. The molecule has 0 aromatic rings. The Morgan fingerprint density at radius 2 is 1.94 bits per heavy atom. The molecule has 2 atom stereocenters. The summed E-state index contributed by atoms with van der Waals surface area (Å²) in [7, 11) is 0. The summed E-state index contributed by atoms with van der Waals surface area (Å²) in [4.78, 5) is 12.0. The third-order valence-corrected chi connectivity index (χ3v) is 4.14. The summed E-state index contributed by atoms with van der Waals surface area (Å²) in [6.07, 6.45) is 7.46. The van der Waals surface area contributed by atoms with Gasteiger partial charge in [0.1, 0.15) is 0 Å². The van der Waals surface area contributed by atoms with Crippen LogP contribution in [0.2, 0.25) is 0 Å². The molecule has 1 saturated carbocycles. The van der Waals surface area contributed by atoms with Crippen molar-refractivity contribution in [3.8, 4) is 0 Å². The van der Waals surface area contributed by atoms with Gasteiger partial charge < -0.3 is 10.6 Å². The van der Waals surface area contributed by atoms with Crippen LogP contribution >= 0.6 is 12.4 Å². The summed E-state index contributed by atoms with van der Waals surface area (Å²) in [6, 6.07) is 0.372. The van der Waals surface area contributed by atoms with Crippen molar-refractivity contribution >= 4 is 18.3 Å². The molecule has 2 rings (SSSR count). The van der Waals surface area contributed by atoms with E-state index in [1.807, 2.05) is 0 Å². The Bertz CT molecular complexity index is 236. The van der Waals surface area contributed by atoms with Crippen LogP contribution in [0.5, 0.6) is 0 Å². The molecule has 0 aromatic carbocycles. The number of hydrogen-bond donors (Lipinski definition) is 2. The van der Waals surface area contributed by atoms with E-state index in [9.17, 15) is 4.79 Å². The minimum atomic E-state index is 0. The van der Waals surface area contributed by atoms with Crippen molar-refractivity contribution < 1.29 is 4.79 Å². The van der Waals surface area contributed by atoms with Crippen LogP contribution in [-0.2, 0) is 4.79 Å². The highest BCUT2D eigenvalue weighted by Gasteiger charge is 2.26. The molecule has 0 aromatic heterocycles. The Morgan fingerprint density at radius 3 is 2.53 bits per heavy atom. The second-order valence-corrected chi connectivity index (χ2v) is 5.39. The lowest BCUT2D eigenvalue weighted by atomic mass is 9.96. The van der Waals surface area contributed by atoms with Crippen molar-refractivity contribution in [1.82, 2.24) is 10.6 Å². The summed E-state index contributed by atoms with van der Waals surface area (Å²) >= 11 is 0. The van der Waals surface area contributed by atoms with Gasteiger partial charge in [0.05, 0.1) is 5.92 Å². The van der Waals surface area contributed by atoms with Crippen molar-refractivity contribution in [2.75, 3.05) is 13.1 Å². The van der Waals surface area contributed by atoms with Crippen LogP contribution in [0.15, 0.2) is 0 Å². The van der Waals surface area contributed by atoms with E-state index in [1.54, 1.807) is 0 Å². The molecular formula is C13H25ClN2O. The number of nitrogens with one attached hydrogen (secondary N) is 2. The Morgan fingerprint density at radius 1 is 1.24 bits per heavy atom. The van der Waals surface area contributed by atoms with Crippen molar-refractivity contribution in [2.45, 2.75) is 51.5 Å². The van der Waals surface area contributed by atoms with Gasteiger partial charge in [0.2, 0.25) is 5.91 Å². The highest BCUT2D eigenvalue weighted by molar-refractivity contribution is 5.85. The Balaban J connectivity index is 0.00000144. The summed E-state index contributed by atoms with van der Waals surface area (Å²) in [5.41, 5.74) is 0. The van der Waals surface area contributed by atoms with E-state index in [0.29, 0.717) is 6.04 Å². The molecule has 1 heterocycles. The van der Waals surface area contributed by atoms with Gasteiger partial charge in [-0.25, -0.2) is 0 Å². The normalized spacial score (nSPS) is 27.2. The van der Waals surface area contributed by atoms with Gasteiger partial charge in [-0.15, -0.1) is 12.4 Å². The zero-order chi connectivity index (χ0) is 11.4. The molecule has 1 saturated heterocycles. The second-order valence-electron chi connectivity index (χ2n) is 5.39. The zero-order valence-electron chi connectivity index (χ0n) is 10.7. The number of hydrogen-bond acceptors (Lipinski definition) is 2. The molecule has 2 N–H and O–H groups in total. The van der Waals surface area contributed by atoms with Crippen molar-refractivity contribution in [3.05, 3.63) is 0 Å². The molecule has 1 unspecified atom stereocenters. The van der Waals surface area contributed by atoms with E-state index in [-0.39, 0.29) is 24.2 Å². The summed E-state index contributed by atoms with van der Waals surface area (Å²) in [6.45, 7) is 4.11. The zero-order valence-corrected chi connectivity index (χ0v) is 11.5. The quantitative estimate of drug-likeness (QED) is 0.816. The molecule has 100 valence electrons. The number of carbonyl (C=O) groups is 1. The standard InChI is InChI=1S/C13H24N2O.ClH/c1-10(11-5-2-3-6-11)15-13(16)12-7-4-8-14-9-12;/h10-12,14H,2-9H2,1H3,(H,15,16);1H/t10?,12-;/m1./s1. The van der Waals surface area contributed by atoms with Crippen LogP contribution in [0.1, 0.15) is 45.4 Å². The van der Waals surface area contributed by atoms with E-state index in [0.717, 1.165) is 31.8 Å². The van der Waals surface area contributed by atoms with Crippen LogP contribution in [0.3, 0.4) is 0 Å². The second kappa shape index (κ2) is 7.22. The fourth-order valence-electron chi connectivity index (χ4n) is 2.99. The Kier molecular flexibility index (Phi) is 6.28. The van der Waals surface area contributed by atoms with Gasteiger partial charge in [-0.1, -0.05) is 12.8 Å². The number of rotatable bonds is 3.